The number of hydrogen-bond donors (Lipinski definition) is 0. The molecule has 25 heavy (non-hydrogen) atoms. The SMILES string of the molecule is CCN1C(=O)CC(c2ccccc2)C12CCN(Cc1nccs1)CC2. The first-order chi connectivity index (χ1) is 12.2. The van der Waals surface area contributed by atoms with E-state index in [1.807, 2.05) is 11.6 Å². The number of benzene rings is 1. The Hall–Kier alpha value is -1.72. The minimum Gasteiger partial charge on any atom is -0.337 e. The van der Waals surface area contributed by atoms with Gasteiger partial charge in [0.25, 0.3) is 0 Å². The van der Waals surface area contributed by atoms with Gasteiger partial charge in [-0.1, -0.05) is 30.3 Å². The molecule has 2 aromatic rings. The molecule has 2 aliphatic rings. The van der Waals surface area contributed by atoms with Crippen LogP contribution in [-0.4, -0.2) is 45.9 Å². The molecule has 132 valence electrons. The largest absolute Gasteiger partial charge is 0.337 e. The molecular formula is C20H25N3OS. The minimum atomic E-state index is -0.00738. The first kappa shape index (κ1) is 16.7. The van der Waals surface area contributed by atoms with Gasteiger partial charge in [0.05, 0.1) is 12.1 Å². The van der Waals surface area contributed by atoms with Gasteiger partial charge in [-0.3, -0.25) is 9.69 Å². The van der Waals surface area contributed by atoms with Crippen LogP contribution in [0, 0.1) is 0 Å². The zero-order valence-electron chi connectivity index (χ0n) is 14.7. The van der Waals surface area contributed by atoms with Crippen LogP contribution in [0.1, 0.15) is 42.7 Å². The maximum Gasteiger partial charge on any atom is 0.223 e. The molecule has 0 saturated carbocycles. The van der Waals surface area contributed by atoms with E-state index in [9.17, 15) is 4.79 Å². The minimum absolute atomic E-state index is 0.00738. The second-order valence-corrected chi connectivity index (χ2v) is 8.09. The molecule has 5 heteroatoms. The van der Waals surface area contributed by atoms with Crippen LogP contribution in [0.5, 0.6) is 0 Å². The lowest BCUT2D eigenvalue weighted by molar-refractivity contribution is -0.132. The number of piperidine rings is 1. The van der Waals surface area contributed by atoms with Gasteiger partial charge in [0, 0.05) is 43.5 Å². The number of rotatable bonds is 4. The Labute approximate surface area is 153 Å². The number of likely N-dealkylation sites (tertiary alicyclic amines) is 2. The summed E-state index contributed by atoms with van der Waals surface area (Å²) < 4.78 is 0. The van der Waals surface area contributed by atoms with Crippen molar-refractivity contribution >= 4 is 17.2 Å². The molecule has 1 unspecified atom stereocenters. The van der Waals surface area contributed by atoms with Crippen molar-refractivity contribution in [3.05, 3.63) is 52.5 Å². The van der Waals surface area contributed by atoms with E-state index in [4.69, 9.17) is 0 Å². The lowest BCUT2D eigenvalue weighted by atomic mass is 9.73. The molecule has 1 spiro atoms. The highest BCUT2D eigenvalue weighted by atomic mass is 32.1. The van der Waals surface area contributed by atoms with Crippen molar-refractivity contribution in [1.29, 1.82) is 0 Å². The first-order valence-electron chi connectivity index (χ1n) is 9.19. The Morgan fingerprint density at radius 1 is 1.24 bits per heavy atom. The van der Waals surface area contributed by atoms with Crippen LogP contribution >= 0.6 is 11.3 Å². The van der Waals surface area contributed by atoms with Crippen LogP contribution in [-0.2, 0) is 11.3 Å². The fourth-order valence-corrected chi connectivity index (χ4v) is 5.41. The molecule has 0 aliphatic carbocycles. The molecule has 0 radical (unpaired) electrons. The number of nitrogens with zero attached hydrogens (tertiary/aromatic N) is 3. The fourth-order valence-electron chi connectivity index (χ4n) is 4.76. The third-order valence-corrected chi connectivity index (χ3v) is 6.71. The van der Waals surface area contributed by atoms with Crippen LogP contribution < -0.4 is 0 Å². The first-order valence-corrected chi connectivity index (χ1v) is 10.1. The molecule has 0 bridgehead atoms. The predicted octanol–water partition coefficient (Wildman–Crippen LogP) is 3.51. The van der Waals surface area contributed by atoms with Crippen molar-refractivity contribution in [1.82, 2.24) is 14.8 Å². The molecule has 1 amide bonds. The second kappa shape index (κ2) is 6.89. The van der Waals surface area contributed by atoms with Crippen molar-refractivity contribution in [2.24, 2.45) is 0 Å². The highest BCUT2D eigenvalue weighted by Crippen LogP contribution is 2.48. The zero-order valence-corrected chi connectivity index (χ0v) is 15.5. The zero-order chi connectivity index (χ0) is 17.3. The predicted molar refractivity (Wildman–Crippen MR) is 101 cm³/mol. The van der Waals surface area contributed by atoms with Gasteiger partial charge in [-0.2, -0.15) is 0 Å². The summed E-state index contributed by atoms with van der Waals surface area (Å²) in [7, 11) is 0. The highest BCUT2D eigenvalue weighted by Gasteiger charge is 2.53. The Morgan fingerprint density at radius 3 is 2.64 bits per heavy atom. The Kier molecular flexibility index (Phi) is 4.61. The van der Waals surface area contributed by atoms with E-state index in [0.717, 1.165) is 39.0 Å². The summed E-state index contributed by atoms with van der Waals surface area (Å²) in [6.07, 6.45) is 4.64. The van der Waals surface area contributed by atoms with E-state index >= 15 is 0 Å². The van der Waals surface area contributed by atoms with E-state index in [2.05, 4.69) is 52.0 Å². The average Bonchev–Trinajstić information content (AvgIpc) is 3.24. The maximum absolute atomic E-state index is 12.7. The summed E-state index contributed by atoms with van der Waals surface area (Å²) in [5, 5.41) is 3.23. The smallest absolute Gasteiger partial charge is 0.223 e. The topological polar surface area (TPSA) is 36.4 Å². The molecule has 4 nitrogen and oxygen atoms in total. The third kappa shape index (κ3) is 3.00. The fraction of sp³-hybridized carbons (Fsp3) is 0.500. The molecule has 0 N–H and O–H groups in total. The number of hydrogen-bond acceptors (Lipinski definition) is 4. The normalized spacial score (nSPS) is 23.5. The molecule has 2 aliphatic heterocycles. The summed E-state index contributed by atoms with van der Waals surface area (Å²) >= 11 is 1.73. The lowest BCUT2D eigenvalue weighted by Gasteiger charge is -2.47. The van der Waals surface area contributed by atoms with Gasteiger partial charge >= 0.3 is 0 Å². The number of carbonyl (C=O) groups is 1. The third-order valence-electron chi connectivity index (χ3n) is 5.95. The quantitative estimate of drug-likeness (QED) is 0.842. The average molecular weight is 356 g/mol. The Balaban J connectivity index is 1.56. The van der Waals surface area contributed by atoms with E-state index < -0.39 is 0 Å². The van der Waals surface area contributed by atoms with Crippen molar-refractivity contribution in [3.8, 4) is 0 Å². The van der Waals surface area contributed by atoms with Gasteiger partial charge in [0.15, 0.2) is 0 Å². The summed E-state index contributed by atoms with van der Waals surface area (Å²) in [6.45, 7) is 5.94. The van der Waals surface area contributed by atoms with E-state index in [1.165, 1.54) is 10.6 Å². The van der Waals surface area contributed by atoms with Gasteiger partial charge in [0.1, 0.15) is 5.01 Å². The molecule has 2 saturated heterocycles. The van der Waals surface area contributed by atoms with Gasteiger partial charge in [-0.05, 0) is 25.3 Å². The summed E-state index contributed by atoms with van der Waals surface area (Å²) in [6, 6.07) is 10.6. The van der Waals surface area contributed by atoms with Crippen LogP contribution in [0.4, 0.5) is 0 Å². The van der Waals surface area contributed by atoms with Crippen LogP contribution in [0.15, 0.2) is 41.9 Å². The van der Waals surface area contributed by atoms with Crippen molar-refractivity contribution in [3.63, 3.8) is 0 Å². The Bertz CT molecular complexity index is 708. The number of likely N-dealkylation sites (N-methyl/N-ethyl adjacent to an activating group) is 1. The van der Waals surface area contributed by atoms with E-state index in [1.54, 1.807) is 11.3 Å². The molecular weight excluding hydrogens is 330 g/mol. The molecule has 2 fully saturated rings. The van der Waals surface area contributed by atoms with E-state index in [-0.39, 0.29) is 5.54 Å². The molecule has 1 aromatic carbocycles. The molecule has 1 aromatic heterocycles. The highest BCUT2D eigenvalue weighted by molar-refractivity contribution is 7.09. The van der Waals surface area contributed by atoms with Crippen molar-refractivity contribution in [2.75, 3.05) is 19.6 Å². The van der Waals surface area contributed by atoms with Gasteiger partial charge in [-0.25, -0.2) is 4.98 Å². The second-order valence-electron chi connectivity index (χ2n) is 7.11. The monoisotopic (exact) mass is 355 g/mol. The Morgan fingerprint density at radius 2 is 2.00 bits per heavy atom. The maximum atomic E-state index is 12.7. The van der Waals surface area contributed by atoms with Crippen LogP contribution in [0.2, 0.25) is 0 Å². The van der Waals surface area contributed by atoms with E-state index in [0.29, 0.717) is 18.2 Å². The summed E-state index contributed by atoms with van der Waals surface area (Å²) in [5.74, 6) is 0.646. The molecule has 4 rings (SSSR count). The number of amides is 1. The number of carbonyl (C=O) groups excluding carboxylic acids is 1. The van der Waals surface area contributed by atoms with Gasteiger partial charge in [0.2, 0.25) is 5.91 Å². The summed E-state index contributed by atoms with van der Waals surface area (Å²) in [4.78, 5) is 21.8. The number of aromatic nitrogens is 1. The van der Waals surface area contributed by atoms with Crippen molar-refractivity contribution < 1.29 is 4.79 Å². The standard InChI is InChI=1S/C20H25N3OS/c1-2-23-19(24)14-17(16-6-4-3-5-7-16)20(23)8-11-22(12-9-20)15-18-21-10-13-25-18/h3-7,10,13,17H,2,8-9,11-12,14-15H2,1H3. The molecule has 3 heterocycles. The molecule has 1 atom stereocenters. The lowest BCUT2D eigenvalue weighted by Crippen LogP contribution is -2.55. The number of thiazole rings is 1. The van der Waals surface area contributed by atoms with Crippen LogP contribution in [0.25, 0.3) is 0 Å². The van der Waals surface area contributed by atoms with Gasteiger partial charge in [-0.15, -0.1) is 11.3 Å². The summed E-state index contributed by atoms with van der Waals surface area (Å²) in [5.41, 5.74) is 1.31. The van der Waals surface area contributed by atoms with Gasteiger partial charge < -0.3 is 4.90 Å². The van der Waals surface area contributed by atoms with Crippen molar-refractivity contribution in [2.45, 2.75) is 44.2 Å². The van der Waals surface area contributed by atoms with Crippen LogP contribution in [0.3, 0.4) is 0 Å².